The second-order valence-corrected chi connectivity index (χ2v) is 9.25. The number of hydrogen-bond donors (Lipinski definition) is 1. The van der Waals surface area contributed by atoms with Crippen LogP contribution in [0.2, 0.25) is 0 Å². The van der Waals surface area contributed by atoms with Gasteiger partial charge in [-0.3, -0.25) is 9.10 Å². The van der Waals surface area contributed by atoms with E-state index in [1.807, 2.05) is 55.5 Å². The number of sulfonamides is 1. The van der Waals surface area contributed by atoms with Gasteiger partial charge in [-0.1, -0.05) is 55.5 Å². The van der Waals surface area contributed by atoms with Gasteiger partial charge in [-0.15, -0.1) is 0 Å². The Bertz CT molecular complexity index is 1220. The van der Waals surface area contributed by atoms with Gasteiger partial charge in [0, 0.05) is 17.7 Å². The molecule has 1 aliphatic rings. The van der Waals surface area contributed by atoms with E-state index in [2.05, 4.69) is 12.2 Å². The van der Waals surface area contributed by atoms with Gasteiger partial charge in [0.25, 0.3) is 10.0 Å². The molecule has 30 heavy (non-hydrogen) atoms. The molecule has 1 heterocycles. The number of aryl methyl sites for hydroxylation is 2. The SMILES string of the molecule is CCc1ccc2c(c1)-c1ccccc1S(=O)(=O)N2CC(=O)NCc1ccccc1C. The number of rotatable bonds is 5. The second kappa shape index (κ2) is 7.95. The quantitative estimate of drug-likeness (QED) is 0.677. The van der Waals surface area contributed by atoms with E-state index in [4.69, 9.17) is 0 Å². The summed E-state index contributed by atoms with van der Waals surface area (Å²) in [7, 11) is -3.83. The van der Waals surface area contributed by atoms with Gasteiger partial charge in [0.15, 0.2) is 0 Å². The highest BCUT2D eigenvalue weighted by Crippen LogP contribution is 2.43. The van der Waals surface area contributed by atoms with Crippen molar-refractivity contribution in [2.45, 2.75) is 31.7 Å². The molecule has 0 spiro atoms. The van der Waals surface area contributed by atoms with Crippen molar-refractivity contribution < 1.29 is 13.2 Å². The van der Waals surface area contributed by atoms with Gasteiger partial charge in [-0.05, 0) is 48.2 Å². The van der Waals surface area contributed by atoms with Crippen LogP contribution in [-0.2, 0) is 27.8 Å². The molecule has 0 aromatic heterocycles. The standard InChI is InChI=1S/C24H24N2O3S/c1-3-18-12-13-22-21(14-18)20-10-6-7-11-23(20)30(28,29)26(22)16-24(27)25-15-19-9-5-4-8-17(19)2/h4-14H,3,15-16H2,1-2H3,(H,25,27). The van der Waals surface area contributed by atoms with Gasteiger partial charge in [0.05, 0.1) is 10.6 Å². The minimum Gasteiger partial charge on any atom is -0.350 e. The summed E-state index contributed by atoms with van der Waals surface area (Å²) < 4.78 is 27.9. The lowest BCUT2D eigenvalue weighted by molar-refractivity contribution is -0.119. The summed E-state index contributed by atoms with van der Waals surface area (Å²) in [5.41, 5.74) is 5.26. The first-order valence-corrected chi connectivity index (χ1v) is 11.4. The van der Waals surface area contributed by atoms with E-state index in [0.717, 1.165) is 28.7 Å². The second-order valence-electron chi connectivity index (χ2n) is 7.42. The molecule has 1 amide bonds. The third-order valence-corrected chi connectivity index (χ3v) is 7.33. The fourth-order valence-corrected chi connectivity index (χ4v) is 5.41. The normalized spacial score (nSPS) is 14.0. The van der Waals surface area contributed by atoms with Gasteiger partial charge in [0.1, 0.15) is 6.54 Å². The maximum Gasteiger partial charge on any atom is 0.265 e. The van der Waals surface area contributed by atoms with Crippen molar-refractivity contribution >= 4 is 21.6 Å². The fourth-order valence-electron chi connectivity index (χ4n) is 3.76. The van der Waals surface area contributed by atoms with Crippen molar-refractivity contribution in [3.05, 3.63) is 83.4 Å². The van der Waals surface area contributed by atoms with Crippen LogP contribution in [0.3, 0.4) is 0 Å². The molecule has 0 saturated carbocycles. The molecule has 1 aliphatic heterocycles. The number of nitrogens with zero attached hydrogens (tertiary/aromatic N) is 1. The molecular weight excluding hydrogens is 396 g/mol. The smallest absolute Gasteiger partial charge is 0.265 e. The Kier molecular flexibility index (Phi) is 5.35. The summed E-state index contributed by atoms with van der Waals surface area (Å²) >= 11 is 0. The first kappa shape index (κ1) is 20.2. The van der Waals surface area contributed by atoms with Crippen LogP contribution in [0.4, 0.5) is 5.69 Å². The van der Waals surface area contributed by atoms with Gasteiger partial charge in [0.2, 0.25) is 5.91 Å². The molecule has 1 N–H and O–H groups in total. The van der Waals surface area contributed by atoms with E-state index in [1.165, 1.54) is 4.31 Å². The monoisotopic (exact) mass is 420 g/mol. The summed E-state index contributed by atoms with van der Waals surface area (Å²) in [6.45, 7) is 4.14. The maximum atomic E-state index is 13.3. The highest BCUT2D eigenvalue weighted by molar-refractivity contribution is 7.93. The molecule has 0 fully saturated rings. The predicted octanol–water partition coefficient (Wildman–Crippen LogP) is 4.05. The van der Waals surface area contributed by atoms with E-state index >= 15 is 0 Å². The number of nitrogens with one attached hydrogen (secondary N) is 1. The fraction of sp³-hybridized carbons (Fsp3) is 0.208. The zero-order valence-corrected chi connectivity index (χ0v) is 17.9. The van der Waals surface area contributed by atoms with Crippen LogP contribution in [-0.4, -0.2) is 20.9 Å². The minimum absolute atomic E-state index is 0.234. The van der Waals surface area contributed by atoms with Crippen molar-refractivity contribution in [2.24, 2.45) is 0 Å². The molecule has 0 unspecified atom stereocenters. The highest BCUT2D eigenvalue weighted by atomic mass is 32.2. The molecule has 6 heteroatoms. The summed E-state index contributed by atoms with van der Waals surface area (Å²) in [5, 5.41) is 2.86. The van der Waals surface area contributed by atoms with Crippen LogP contribution in [0.1, 0.15) is 23.6 Å². The van der Waals surface area contributed by atoms with Gasteiger partial charge < -0.3 is 5.32 Å². The molecule has 0 atom stereocenters. The minimum atomic E-state index is -3.83. The van der Waals surface area contributed by atoms with E-state index in [-0.39, 0.29) is 17.3 Å². The molecule has 154 valence electrons. The van der Waals surface area contributed by atoms with Gasteiger partial charge >= 0.3 is 0 Å². The zero-order valence-electron chi connectivity index (χ0n) is 17.1. The lowest BCUT2D eigenvalue weighted by Gasteiger charge is -2.32. The lowest BCUT2D eigenvalue weighted by atomic mass is 9.99. The molecule has 5 nitrogen and oxygen atoms in total. The maximum absolute atomic E-state index is 13.3. The average molecular weight is 421 g/mol. The van der Waals surface area contributed by atoms with Crippen LogP contribution < -0.4 is 9.62 Å². The molecule has 0 radical (unpaired) electrons. The molecular formula is C24H24N2O3S. The number of benzene rings is 3. The number of amides is 1. The Morgan fingerprint density at radius 2 is 1.70 bits per heavy atom. The van der Waals surface area contributed by atoms with Crippen molar-refractivity contribution in [3.8, 4) is 11.1 Å². The van der Waals surface area contributed by atoms with Crippen LogP contribution >= 0.6 is 0 Å². The summed E-state index contributed by atoms with van der Waals surface area (Å²) in [5.74, 6) is -0.341. The van der Waals surface area contributed by atoms with Crippen molar-refractivity contribution in [1.82, 2.24) is 5.32 Å². The number of carbonyl (C=O) groups excluding carboxylic acids is 1. The number of hydrogen-bond acceptors (Lipinski definition) is 3. The van der Waals surface area contributed by atoms with E-state index in [9.17, 15) is 13.2 Å². The molecule has 3 aromatic rings. The third kappa shape index (κ3) is 3.59. The number of carbonyl (C=O) groups is 1. The first-order chi connectivity index (χ1) is 14.4. The summed E-state index contributed by atoms with van der Waals surface area (Å²) in [6, 6.07) is 20.5. The topological polar surface area (TPSA) is 66.5 Å². The largest absolute Gasteiger partial charge is 0.350 e. The highest BCUT2D eigenvalue weighted by Gasteiger charge is 2.35. The number of fused-ring (bicyclic) bond motifs is 3. The first-order valence-electron chi connectivity index (χ1n) is 9.98. The molecule has 0 saturated heterocycles. The molecule has 0 aliphatic carbocycles. The molecule has 4 rings (SSSR count). The van der Waals surface area contributed by atoms with Crippen molar-refractivity contribution in [3.63, 3.8) is 0 Å². The van der Waals surface area contributed by atoms with Crippen molar-refractivity contribution in [1.29, 1.82) is 0 Å². The average Bonchev–Trinajstić information content (AvgIpc) is 2.76. The van der Waals surface area contributed by atoms with E-state index in [1.54, 1.807) is 18.2 Å². The Morgan fingerprint density at radius 1 is 0.967 bits per heavy atom. The Morgan fingerprint density at radius 3 is 2.47 bits per heavy atom. The number of anilines is 1. The Hall–Kier alpha value is -3.12. The predicted molar refractivity (Wildman–Crippen MR) is 119 cm³/mol. The van der Waals surface area contributed by atoms with E-state index < -0.39 is 10.0 Å². The van der Waals surface area contributed by atoms with Crippen LogP contribution in [0, 0.1) is 6.92 Å². The zero-order chi connectivity index (χ0) is 21.3. The summed E-state index contributed by atoms with van der Waals surface area (Å²) in [6.07, 6.45) is 0.846. The van der Waals surface area contributed by atoms with E-state index in [0.29, 0.717) is 17.8 Å². The third-order valence-electron chi connectivity index (χ3n) is 5.51. The van der Waals surface area contributed by atoms with Crippen molar-refractivity contribution in [2.75, 3.05) is 10.8 Å². The molecule has 3 aromatic carbocycles. The van der Waals surface area contributed by atoms with Crippen LogP contribution in [0.15, 0.2) is 71.6 Å². The van der Waals surface area contributed by atoms with Gasteiger partial charge in [-0.2, -0.15) is 0 Å². The summed E-state index contributed by atoms with van der Waals surface area (Å²) in [4.78, 5) is 12.9. The van der Waals surface area contributed by atoms with Crippen LogP contribution in [0.5, 0.6) is 0 Å². The molecule has 0 bridgehead atoms. The van der Waals surface area contributed by atoms with Crippen LogP contribution in [0.25, 0.3) is 11.1 Å². The Labute approximate surface area is 177 Å². The lowest BCUT2D eigenvalue weighted by Crippen LogP contribution is -2.42. The van der Waals surface area contributed by atoms with Gasteiger partial charge in [-0.25, -0.2) is 8.42 Å². The Balaban J connectivity index is 1.66.